The zero-order valence-electron chi connectivity index (χ0n) is 11.3. The van der Waals surface area contributed by atoms with Crippen LogP contribution in [0.5, 0.6) is 0 Å². The summed E-state index contributed by atoms with van der Waals surface area (Å²) < 4.78 is 6.78. The average Bonchev–Trinajstić information content (AvgIpc) is 2.96. The van der Waals surface area contributed by atoms with Crippen molar-refractivity contribution >= 4 is 17.7 Å². The monoisotopic (exact) mass is 297 g/mol. The molecule has 0 bridgehead atoms. The highest BCUT2D eigenvalue weighted by atomic mass is 32.2. The molecule has 0 aromatic carbocycles. The van der Waals surface area contributed by atoms with Gasteiger partial charge in [0.05, 0.1) is 5.25 Å². The van der Waals surface area contributed by atoms with Crippen molar-refractivity contribution in [2.24, 2.45) is 0 Å². The van der Waals surface area contributed by atoms with E-state index in [0.717, 1.165) is 0 Å². The van der Waals surface area contributed by atoms with E-state index in [4.69, 9.17) is 9.52 Å². The molecule has 0 aliphatic heterocycles. The number of aromatic carboxylic acids is 1. The van der Waals surface area contributed by atoms with Gasteiger partial charge in [-0.05, 0) is 32.9 Å². The van der Waals surface area contributed by atoms with Gasteiger partial charge < -0.3 is 9.52 Å². The second kappa shape index (κ2) is 5.58. The summed E-state index contributed by atoms with van der Waals surface area (Å²) >= 11 is 1.33. The quantitative estimate of drug-likeness (QED) is 0.821. The summed E-state index contributed by atoms with van der Waals surface area (Å²) in [5.74, 6) is -0.679. The molecule has 108 valence electrons. The number of furan rings is 1. The van der Waals surface area contributed by atoms with Crippen LogP contribution in [0.2, 0.25) is 0 Å². The second-order valence-electron chi connectivity index (χ2n) is 4.54. The van der Waals surface area contributed by atoms with Gasteiger partial charge in [0.25, 0.3) is 0 Å². The van der Waals surface area contributed by atoms with E-state index >= 15 is 0 Å². The van der Waals surface area contributed by atoms with Crippen molar-refractivity contribution in [2.45, 2.75) is 37.2 Å². The third kappa shape index (κ3) is 2.79. The van der Waals surface area contributed by atoms with E-state index < -0.39 is 5.97 Å². The third-order valence-electron chi connectivity index (χ3n) is 2.71. The minimum Gasteiger partial charge on any atom is -0.475 e. The summed E-state index contributed by atoms with van der Waals surface area (Å²) in [7, 11) is 0. The van der Waals surface area contributed by atoms with Crippen molar-refractivity contribution in [3.8, 4) is 0 Å². The lowest BCUT2D eigenvalue weighted by atomic mass is 10.3. The van der Waals surface area contributed by atoms with Gasteiger partial charge in [-0.2, -0.15) is 0 Å². The molecule has 0 radical (unpaired) electrons. The molecule has 0 aliphatic rings. The number of hydrogen-bond donors (Lipinski definition) is 2. The third-order valence-corrected chi connectivity index (χ3v) is 3.79. The lowest BCUT2D eigenvalue weighted by Crippen LogP contribution is -2.19. The molecular formula is C12H15N3O4S. The molecular weight excluding hydrogens is 282 g/mol. The van der Waals surface area contributed by atoms with Crippen molar-refractivity contribution in [1.82, 2.24) is 14.8 Å². The minimum absolute atomic E-state index is 0.0119. The van der Waals surface area contributed by atoms with Crippen LogP contribution >= 0.6 is 11.8 Å². The van der Waals surface area contributed by atoms with E-state index in [9.17, 15) is 9.59 Å². The average molecular weight is 297 g/mol. The number of hydrogen-bond acceptors (Lipinski definition) is 5. The number of nitrogens with one attached hydrogen (secondary N) is 1. The predicted molar refractivity (Wildman–Crippen MR) is 73.2 cm³/mol. The number of nitrogens with zero attached hydrogens (tertiary/aromatic N) is 2. The molecule has 8 heteroatoms. The first-order chi connectivity index (χ1) is 9.40. The van der Waals surface area contributed by atoms with Crippen LogP contribution in [0.15, 0.2) is 26.5 Å². The Bertz CT molecular complexity index is 670. The van der Waals surface area contributed by atoms with Crippen molar-refractivity contribution in [1.29, 1.82) is 0 Å². The van der Waals surface area contributed by atoms with E-state index in [-0.39, 0.29) is 22.7 Å². The van der Waals surface area contributed by atoms with Crippen LogP contribution < -0.4 is 5.69 Å². The maximum atomic E-state index is 11.6. The fraction of sp³-hybridized carbons (Fsp3) is 0.417. The molecule has 2 N–H and O–H groups in total. The maximum absolute atomic E-state index is 11.6. The highest BCUT2D eigenvalue weighted by Crippen LogP contribution is 2.34. The van der Waals surface area contributed by atoms with Crippen molar-refractivity contribution in [3.63, 3.8) is 0 Å². The molecule has 7 nitrogen and oxygen atoms in total. The molecule has 1 unspecified atom stereocenters. The van der Waals surface area contributed by atoms with Crippen LogP contribution in [0.4, 0.5) is 0 Å². The molecule has 0 aliphatic carbocycles. The number of carboxylic acids is 1. The van der Waals surface area contributed by atoms with E-state index in [2.05, 4.69) is 10.2 Å². The molecule has 20 heavy (non-hydrogen) atoms. The Kier molecular flexibility index (Phi) is 4.03. The van der Waals surface area contributed by atoms with Crippen molar-refractivity contribution in [2.75, 3.05) is 0 Å². The van der Waals surface area contributed by atoms with Crippen LogP contribution in [0.25, 0.3) is 0 Å². The Morgan fingerprint density at radius 1 is 1.45 bits per heavy atom. The number of thioether (sulfide) groups is 1. The summed E-state index contributed by atoms with van der Waals surface area (Å²) in [6.45, 7) is 5.64. The molecule has 0 spiro atoms. The highest BCUT2D eigenvalue weighted by Gasteiger charge is 2.19. The topological polar surface area (TPSA) is 101 Å². The van der Waals surface area contributed by atoms with Gasteiger partial charge in [0.1, 0.15) is 5.76 Å². The zero-order chi connectivity index (χ0) is 14.9. The molecule has 2 aromatic rings. The lowest BCUT2D eigenvalue weighted by Gasteiger charge is -2.11. The van der Waals surface area contributed by atoms with Crippen LogP contribution in [-0.2, 0) is 0 Å². The SMILES string of the molecule is CC(Sc1n[nH]c(=O)n1C(C)C)c1ccc(C(=O)O)o1. The Balaban J connectivity index is 2.21. The molecule has 1 atom stereocenters. The fourth-order valence-corrected chi connectivity index (χ4v) is 2.80. The Morgan fingerprint density at radius 2 is 2.15 bits per heavy atom. The summed E-state index contributed by atoms with van der Waals surface area (Å²) in [6, 6.07) is 3.02. The standard InChI is InChI=1S/C12H15N3O4S/c1-6(2)15-11(18)13-14-12(15)20-7(3)8-4-5-9(19-8)10(16)17/h4-7H,1-3H3,(H,13,18)(H,16,17). The van der Waals surface area contributed by atoms with Crippen molar-refractivity contribution in [3.05, 3.63) is 34.1 Å². The van der Waals surface area contributed by atoms with E-state index in [1.54, 1.807) is 10.6 Å². The highest BCUT2D eigenvalue weighted by molar-refractivity contribution is 7.99. The molecule has 2 aromatic heterocycles. The first-order valence-electron chi connectivity index (χ1n) is 6.06. The number of H-pyrrole nitrogens is 1. The minimum atomic E-state index is -1.10. The molecule has 0 amide bonds. The van der Waals surface area contributed by atoms with Crippen LogP contribution in [0.3, 0.4) is 0 Å². The normalized spacial score (nSPS) is 12.8. The summed E-state index contributed by atoms with van der Waals surface area (Å²) in [6.07, 6.45) is 0. The summed E-state index contributed by atoms with van der Waals surface area (Å²) in [4.78, 5) is 22.4. The van der Waals surface area contributed by atoms with Gasteiger partial charge in [-0.25, -0.2) is 14.7 Å². The lowest BCUT2D eigenvalue weighted by molar-refractivity contribution is 0.0660. The number of carbonyl (C=O) groups is 1. The summed E-state index contributed by atoms with van der Waals surface area (Å²) in [5.41, 5.74) is -0.264. The number of rotatable bonds is 5. The smallest absolute Gasteiger partial charge is 0.371 e. The van der Waals surface area contributed by atoms with E-state index in [1.807, 2.05) is 20.8 Å². The largest absolute Gasteiger partial charge is 0.475 e. The molecule has 0 fully saturated rings. The van der Waals surface area contributed by atoms with Gasteiger partial charge in [0.15, 0.2) is 5.16 Å². The number of carboxylic acid groups (broad SMARTS) is 1. The predicted octanol–water partition coefficient (Wildman–Crippen LogP) is 2.30. The number of aromatic amines is 1. The fourth-order valence-electron chi connectivity index (χ4n) is 1.73. The van der Waals surface area contributed by atoms with Crippen LogP contribution in [0, 0.1) is 0 Å². The Hall–Kier alpha value is -1.96. The van der Waals surface area contributed by atoms with Gasteiger partial charge in [-0.3, -0.25) is 4.57 Å². The van der Waals surface area contributed by atoms with E-state index in [1.165, 1.54) is 17.8 Å². The van der Waals surface area contributed by atoms with Gasteiger partial charge in [-0.15, -0.1) is 5.10 Å². The van der Waals surface area contributed by atoms with Crippen LogP contribution in [-0.4, -0.2) is 25.8 Å². The number of aromatic nitrogens is 3. The molecule has 0 saturated carbocycles. The van der Waals surface area contributed by atoms with E-state index in [0.29, 0.717) is 10.9 Å². The van der Waals surface area contributed by atoms with Gasteiger partial charge in [0, 0.05) is 6.04 Å². The Labute approximate surface area is 119 Å². The molecule has 0 saturated heterocycles. The molecule has 2 heterocycles. The summed E-state index contributed by atoms with van der Waals surface area (Å²) in [5, 5.41) is 15.6. The van der Waals surface area contributed by atoms with Gasteiger partial charge in [-0.1, -0.05) is 11.8 Å². The Morgan fingerprint density at radius 3 is 2.70 bits per heavy atom. The molecule has 2 rings (SSSR count). The first kappa shape index (κ1) is 14.4. The second-order valence-corrected chi connectivity index (χ2v) is 5.85. The van der Waals surface area contributed by atoms with Crippen molar-refractivity contribution < 1.29 is 14.3 Å². The first-order valence-corrected chi connectivity index (χ1v) is 6.94. The zero-order valence-corrected chi connectivity index (χ0v) is 12.1. The van der Waals surface area contributed by atoms with Gasteiger partial charge >= 0.3 is 11.7 Å². The van der Waals surface area contributed by atoms with Crippen LogP contribution in [0.1, 0.15) is 48.4 Å². The van der Waals surface area contributed by atoms with Gasteiger partial charge in [0.2, 0.25) is 5.76 Å². The maximum Gasteiger partial charge on any atom is 0.371 e.